The quantitative estimate of drug-likeness (QED) is 0.751. The zero-order chi connectivity index (χ0) is 15.0. The van der Waals surface area contributed by atoms with Gasteiger partial charge in [-0.05, 0) is 36.2 Å². The van der Waals surface area contributed by atoms with E-state index in [9.17, 15) is 9.59 Å². The second-order valence-electron chi connectivity index (χ2n) is 4.86. The summed E-state index contributed by atoms with van der Waals surface area (Å²) < 4.78 is 0. The van der Waals surface area contributed by atoms with Gasteiger partial charge in [0, 0.05) is 40.5 Å². The van der Waals surface area contributed by atoms with E-state index in [1.807, 2.05) is 25.1 Å². The lowest BCUT2D eigenvalue weighted by Gasteiger charge is -2.08. The number of carbonyl (C=O) groups excluding carboxylic acids is 1. The van der Waals surface area contributed by atoms with Crippen molar-refractivity contribution in [2.24, 2.45) is 5.73 Å². The first-order valence-corrected chi connectivity index (χ1v) is 6.44. The number of aromatic amines is 1. The van der Waals surface area contributed by atoms with Crippen molar-refractivity contribution < 1.29 is 4.79 Å². The standard InChI is InChI=1S/C16H13N3O2/c1-9-6-15(20)19-14-3-2-10(7-12(9)14)13-8-18-5-4-11(13)16(17)21/h2-8H,1H3,(H2,17,21)(H,19,20). The number of H-pyrrole nitrogens is 1. The van der Waals surface area contributed by atoms with E-state index in [1.54, 1.807) is 18.3 Å². The van der Waals surface area contributed by atoms with Crippen molar-refractivity contribution in [3.63, 3.8) is 0 Å². The second kappa shape index (κ2) is 4.86. The van der Waals surface area contributed by atoms with Crippen LogP contribution in [0.4, 0.5) is 0 Å². The van der Waals surface area contributed by atoms with Crippen LogP contribution >= 0.6 is 0 Å². The molecule has 0 aliphatic heterocycles. The molecule has 0 fully saturated rings. The van der Waals surface area contributed by atoms with Crippen molar-refractivity contribution in [2.45, 2.75) is 6.92 Å². The van der Waals surface area contributed by atoms with Gasteiger partial charge in [-0.1, -0.05) is 6.07 Å². The van der Waals surface area contributed by atoms with Crippen LogP contribution in [-0.4, -0.2) is 15.9 Å². The van der Waals surface area contributed by atoms with Crippen molar-refractivity contribution in [2.75, 3.05) is 0 Å². The van der Waals surface area contributed by atoms with Gasteiger partial charge in [-0.3, -0.25) is 14.6 Å². The van der Waals surface area contributed by atoms with E-state index in [0.717, 1.165) is 22.0 Å². The van der Waals surface area contributed by atoms with Gasteiger partial charge in [0.1, 0.15) is 0 Å². The summed E-state index contributed by atoms with van der Waals surface area (Å²) >= 11 is 0. The van der Waals surface area contributed by atoms with Gasteiger partial charge in [-0.2, -0.15) is 0 Å². The summed E-state index contributed by atoms with van der Waals surface area (Å²) in [5.74, 6) is -0.495. The van der Waals surface area contributed by atoms with Gasteiger partial charge in [-0.15, -0.1) is 0 Å². The summed E-state index contributed by atoms with van der Waals surface area (Å²) in [6.07, 6.45) is 3.15. The molecule has 3 rings (SSSR count). The van der Waals surface area contributed by atoms with Crippen LogP contribution in [-0.2, 0) is 0 Å². The molecule has 0 spiro atoms. The molecule has 1 amide bonds. The maximum absolute atomic E-state index is 11.5. The lowest BCUT2D eigenvalue weighted by atomic mass is 9.99. The summed E-state index contributed by atoms with van der Waals surface area (Å²) in [6.45, 7) is 1.87. The fraction of sp³-hybridized carbons (Fsp3) is 0.0625. The minimum atomic E-state index is -0.495. The summed E-state index contributed by atoms with van der Waals surface area (Å²) in [4.78, 5) is 29.8. The molecule has 5 heteroatoms. The van der Waals surface area contributed by atoms with Crippen molar-refractivity contribution in [1.82, 2.24) is 9.97 Å². The molecular weight excluding hydrogens is 266 g/mol. The molecule has 104 valence electrons. The zero-order valence-corrected chi connectivity index (χ0v) is 11.4. The van der Waals surface area contributed by atoms with Gasteiger partial charge in [0.15, 0.2) is 0 Å². The molecular formula is C16H13N3O2. The van der Waals surface area contributed by atoms with Crippen LogP contribution in [0.3, 0.4) is 0 Å². The Hall–Kier alpha value is -2.95. The number of primary amides is 1. The Labute approximate surface area is 120 Å². The molecule has 0 saturated heterocycles. The van der Waals surface area contributed by atoms with Gasteiger partial charge in [-0.25, -0.2) is 0 Å². The van der Waals surface area contributed by atoms with E-state index in [4.69, 9.17) is 5.73 Å². The number of nitrogens with one attached hydrogen (secondary N) is 1. The third kappa shape index (κ3) is 2.29. The number of nitrogens with zero attached hydrogens (tertiary/aromatic N) is 1. The van der Waals surface area contributed by atoms with E-state index >= 15 is 0 Å². The summed E-state index contributed by atoms with van der Waals surface area (Å²) in [6, 6.07) is 8.72. The summed E-state index contributed by atoms with van der Waals surface area (Å²) in [5, 5.41) is 0.923. The molecule has 2 heterocycles. The Morgan fingerprint density at radius 2 is 2.05 bits per heavy atom. The Morgan fingerprint density at radius 3 is 2.81 bits per heavy atom. The predicted molar refractivity (Wildman–Crippen MR) is 81.1 cm³/mol. The number of pyridine rings is 2. The maximum atomic E-state index is 11.5. The van der Waals surface area contributed by atoms with Crippen molar-refractivity contribution >= 4 is 16.8 Å². The Kier molecular flexibility index (Phi) is 3.02. The molecule has 0 aliphatic carbocycles. The van der Waals surface area contributed by atoms with Crippen LogP contribution in [0.2, 0.25) is 0 Å². The second-order valence-corrected chi connectivity index (χ2v) is 4.86. The molecule has 0 aliphatic rings. The largest absolute Gasteiger partial charge is 0.366 e. The number of aryl methyl sites for hydroxylation is 1. The van der Waals surface area contributed by atoms with Gasteiger partial charge < -0.3 is 10.7 Å². The van der Waals surface area contributed by atoms with Crippen LogP contribution in [0.5, 0.6) is 0 Å². The Balaban J connectivity index is 2.27. The summed E-state index contributed by atoms with van der Waals surface area (Å²) in [7, 11) is 0. The number of amides is 1. The number of hydrogen-bond donors (Lipinski definition) is 2. The highest BCUT2D eigenvalue weighted by Crippen LogP contribution is 2.26. The van der Waals surface area contributed by atoms with E-state index in [2.05, 4.69) is 9.97 Å². The minimum Gasteiger partial charge on any atom is -0.366 e. The first kappa shape index (κ1) is 13.1. The summed E-state index contributed by atoms with van der Waals surface area (Å²) in [5.41, 5.74) is 8.83. The third-order valence-electron chi connectivity index (χ3n) is 3.45. The Bertz CT molecular complexity index is 913. The van der Waals surface area contributed by atoms with Crippen LogP contribution in [0.1, 0.15) is 15.9 Å². The van der Waals surface area contributed by atoms with Crippen LogP contribution in [0.25, 0.3) is 22.0 Å². The number of rotatable bonds is 2. The average molecular weight is 279 g/mol. The molecule has 1 aromatic carbocycles. The van der Waals surface area contributed by atoms with Crippen molar-refractivity contribution in [3.05, 3.63) is 64.2 Å². The number of carbonyl (C=O) groups is 1. The maximum Gasteiger partial charge on any atom is 0.249 e. The highest BCUT2D eigenvalue weighted by molar-refractivity contribution is 6.00. The van der Waals surface area contributed by atoms with Crippen LogP contribution in [0, 0.1) is 6.92 Å². The molecule has 0 bridgehead atoms. The molecule has 0 radical (unpaired) electrons. The fourth-order valence-electron chi connectivity index (χ4n) is 2.43. The highest BCUT2D eigenvalue weighted by Gasteiger charge is 2.11. The smallest absolute Gasteiger partial charge is 0.249 e. The first-order chi connectivity index (χ1) is 10.1. The Morgan fingerprint density at radius 1 is 1.24 bits per heavy atom. The van der Waals surface area contributed by atoms with Crippen LogP contribution in [0.15, 0.2) is 47.5 Å². The number of fused-ring (bicyclic) bond motifs is 1. The van der Waals surface area contributed by atoms with Crippen molar-refractivity contribution in [1.29, 1.82) is 0 Å². The van der Waals surface area contributed by atoms with Gasteiger partial charge in [0.05, 0.1) is 0 Å². The molecule has 2 aromatic heterocycles. The molecule has 21 heavy (non-hydrogen) atoms. The molecule has 3 aromatic rings. The van der Waals surface area contributed by atoms with E-state index in [1.165, 1.54) is 6.20 Å². The zero-order valence-electron chi connectivity index (χ0n) is 11.4. The van der Waals surface area contributed by atoms with Crippen LogP contribution < -0.4 is 11.3 Å². The monoisotopic (exact) mass is 279 g/mol. The van der Waals surface area contributed by atoms with Gasteiger partial charge in [0.25, 0.3) is 0 Å². The normalized spacial score (nSPS) is 10.7. The molecule has 0 saturated carbocycles. The SMILES string of the molecule is Cc1cc(=O)[nH]c2ccc(-c3cnccc3C(N)=O)cc12. The number of nitrogens with two attached hydrogens (primary N) is 1. The fourth-order valence-corrected chi connectivity index (χ4v) is 2.43. The highest BCUT2D eigenvalue weighted by atomic mass is 16.1. The molecule has 3 N–H and O–H groups in total. The van der Waals surface area contributed by atoms with Crippen molar-refractivity contribution in [3.8, 4) is 11.1 Å². The van der Waals surface area contributed by atoms with Gasteiger partial charge >= 0.3 is 0 Å². The third-order valence-corrected chi connectivity index (χ3v) is 3.45. The van der Waals surface area contributed by atoms with E-state index in [0.29, 0.717) is 11.1 Å². The van der Waals surface area contributed by atoms with E-state index in [-0.39, 0.29) is 5.56 Å². The minimum absolute atomic E-state index is 0.132. The topological polar surface area (TPSA) is 88.8 Å². The van der Waals surface area contributed by atoms with E-state index < -0.39 is 5.91 Å². The molecule has 5 nitrogen and oxygen atoms in total. The number of aromatic nitrogens is 2. The predicted octanol–water partition coefficient (Wildman–Crippen LogP) is 2.00. The van der Waals surface area contributed by atoms with Gasteiger partial charge in [0.2, 0.25) is 11.5 Å². The molecule has 0 unspecified atom stereocenters. The number of hydrogen-bond acceptors (Lipinski definition) is 3. The lowest BCUT2D eigenvalue weighted by Crippen LogP contribution is -2.12. The average Bonchev–Trinajstić information content (AvgIpc) is 2.47. The molecule has 0 atom stereocenters. The number of benzene rings is 1. The lowest BCUT2D eigenvalue weighted by molar-refractivity contribution is 0.100. The first-order valence-electron chi connectivity index (χ1n) is 6.44.